The highest BCUT2D eigenvalue weighted by Crippen LogP contribution is 2.42. The van der Waals surface area contributed by atoms with Gasteiger partial charge in [0.15, 0.2) is 11.6 Å². The topological polar surface area (TPSA) is 55.2 Å². The first-order chi connectivity index (χ1) is 17.2. The fourth-order valence-corrected chi connectivity index (χ4v) is 6.12. The van der Waals surface area contributed by atoms with Crippen LogP contribution < -0.4 is 9.82 Å². The predicted octanol–water partition coefficient (Wildman–Crippen LogP) is 7.30. The molecule has 0 radical (unpaired) electrons. The number of allylic oxidation sites excluding steroid dienone is 2. The molecule has 1 fully saturated rings. The van der Waals surface area contributed by atoms with Crippen LogP contribution in [0.15, 0.2) is 46.1 Å². The molecule has 3 unspecified atom stereocenters. The summed E-state index contributed by atoms with van der Waals surface area (Å²) in [6, 6.07) is 2.93. The molecule has 4 rings (SSSR count). The van der Waals surface area contributed by atoms with Crippen molar-refractivity contribution in [2.24, 2.45) is 5.92 Å². The number of ether oxygens (including phenoxy) is 1. The molecular weight excluding hydrogens is 519 g/mol. The molecule has 4 atom stereocenters. The second-order valence-electron chi connectivity index (χ2n) is 9.79. The maximum Gasteiger partial charge on any atom is 0.171 e. The van der Waals surface area contributed by atoms with E-state index < -0.39 is 6.10 Å². The zero-order valence-electron chi connectivity index (χ0n) is 21.3. The highest BCUT2D eigenvalue weighted by atomic mass is 35.5. The Balaban J connectivity index is 1.52. The van der Waals surface area contributed by atoms with Crippen LogP contribution in [0, 0.1) is 5.92 Å². The molecule has 0 amide bonds. The predicted molar refractivity (Wildman–Crippen MR) is 149 cm³/mol. The summed E-state index contributed by atoms with van der Waals surface area (Å²) in [5.74, 6) is 0.367. The van der Waals surface area contributed by atoms with Crippen LogP contribution in [0.4, 0.5) is 10.2 Å². The number of pyridine rings is 1. The van der Waals surface area contributed by atoms with Crippen molar-refractivity contribution < 1.29 is 9.13 Å². The van der Waals surface area contributed by atoms with Gasteiger partial charge in [-0.25, -0.2) is 9.37 Å². The second kappa shape index (κ2) is 11.8. The van der Waals surface area contributed by atoms with Crippen LogP contribution >= 0.6 is 32.6 Å². The summed E-state index contributed by atoms with van der Waals surface area (Å²) in [7, 11) is 2.43. The molecule has 6 nitrogen and oxygen atoms in total. The third kappa shape index (κ3) is 5.75. The van der Waals surface area contributed by atoms with E-state index in [-0.39, 0.29) is 16.8 Å². The number of hydrogen-bond acceptors (Lipinski definition) is 5. The molecular formula is C26H35Cl2FN5OP. The molecule has 1 N–H and O–H groups in total. The average Bonchev–Trinajstić information content (AvgIpc) is 3.37. The molecule has 0 saturated carbocycles. The first-order valence-electron chi connectivity index (χ1n) is 12.6. The fraction of sp³-hybridized carbons (Fsp3) is 0.538. The van der Waals surface area contributed by atoms with Crippen molar-refractivity contribution >= 4 is 38.4 Å². The molecule has 1 saturated heterocycles. The van der Waals surface area contributed by atoms with Gasteiger partial charge in [-0.3, -0.25) is 4.68 Å². The summed E-state index contributed by atoms with van der Waals surface area (Å²) in [6.45, 7) is 10.3. The Bertz CT molecular complexity index is 1150. The summed E-state index contributed by atoms with van der Waals surface area (Å²) in [5.41, 5.74) is 2.33. The maximum atomic E-state index is 14.5. The van der Waals surface area contributed by atoms with Crippen LogP contribution in [0.1, 0.15) is 59.4 Å². The lowest BCUT2D eigenvalue weighted by atomic mass is 9.94. The summed E-state index contributed by atoms with van der Waals surface area (Å²) >= 11 is 12.8. The van der Waals surface area contributed by atoms with E-state index in [0.29, 0.717) is 40.7 Å². The molecule has 0 bridgehead atoms. The zero-order valence-corrected chi connectivity index (χ0v) is 23.9. The lowest BCUT2D eigenvalue weighted by Crippen LogP contribution is -2.40. The van der Waals surface area contributed by atoms with Crippen LogP contribution in [0.3, 0.4) is 0 Å². The number of nitrogens with zero attached hydrogens (tertiary/aromatic N) is 4. The normalized spacial score (nSPS) is 21.6. The number of likely N-dealkylation sites (tertiary alicyclic amines) is 1. The standard InChI is InChI=1S/C26H35Cl2FN5OP/c1-5-16(3)33-8-6-20(7-9-33)34-14-19(13-31-34)18-11-22(26(32-36)30-12-18)35-17(4)23-21(27)10-15(2)25(29)24(23)28/h11-17,20H,5-10,36H2,1-4H3,(H,30,32)/t15?,16?,17-/m1/s1. The number of rotatable bonds is 8. The second-order valence-corrected chi connectivity index (χ2v) is 10.9. The van der Waals surface area contributed by atoms with Gasteiger partial charge in [-0.1, -0.05) is 37.0 Å². The Morgan fingerprint density at radius 1 is 1.22 bits per heavy atom. The van der Waals surface area contributed by atoms with Crippen LogP contribution in [0.2, 0.25) is 0 Å². The molecule has 1 aliphatic heterocycles. The quantitative estimate of drug-likeness (QED) is 0.347. The molecule has 0 spiro atoms. The van der Waals surface area contributed by atoms with Gasteiger partial charge >= 0.3 is 0 Å². The first-order valence-corrected chi connectivity index (χ1v) is 13.9. The Morgan fingerprint density at radius 3 is 2.61 bits per heavy atom. The minimum atomic E-state index is -0.559. The van der Waals surface area contributed by atoms with Crippen LogP contribution in [-0.4, -0.2) is 44.9 Å². The number of hydrogen-bond donors (Lipinski definition) is 1. The van der Waals surface area contributed by atoms with Gasteiger partial charge in [0, 0.05) is 59.2 Å². The van der Waals surface area contributed by atoms with E-state index in [1.54, 1.807) is 13.1 Å². The summed E-state index contributed by atoms with van der Waals surface area (Å²) in [5, 5.41) is 8.21. The number of piperidine rings is 1. The SMILES string of the molecule is CCC(C)N1CCC(n2cc(-c3cnc(NP)c(O[C@H](C)C4=C(Cl)CC(C)C(F)=C4Cl)c3)cn2)CC1. The average molecular weight is 554 g/mol. The monoisotopic (exact) mass is 553 g/mol. The smallest absolute Gasteiger partial charge is 0.171 e. The lowest BCUT2D eigenvalue weighted by molar-refractivity contribution is 0.136. The van der Waals surface area contributed by atoms with Gasteiger partial charge in [0.05, 0.1) is 17.3 Å². The number of aromatic nitrogens is 3. The van der Waals surface area contributed by atoms with Gasteiger partial charge in [-0.05, 0) is 55.0 Å². The Morgan fingerprint density at radius 2 is 1.94 bits per heavy atom. The third-order valence-corrected chi connectivity index (χ3v) is 8.39. The van der Waals surface area contributed by atoms with Crippen LogP contribution in [0.5, 0.6) is 5.75 Å². The molecule has 10 heteroatoms. The Labute approximate surface area is 225 Å². The van der Waals surface area contributed by atoms with Crippen molar-refractivity contribution in [2.75, 3.05) is 18.2 Å². The van der Waals surface area contributed by atoms with Crippen molar-refractivity contribution in [1.82, 2.24) is 19.7 Å². The third-order valence-electron chi connectivity index (χ3n) is 7.38. The highest BCUT2D eigenvalue weighted by Gasteiger charge is 2.30. The summed E-state index contributed by atoms with van der Waals surface area (Å²) in [6.07, 6.45) is 8.93. The van der Waals surface area contributed by atoms with E-state index in [9.17, 15) is 4.39 Å². The highest BCUT2D eigenvalue weighted by molar-refractivity contribution is 7.18. The van der Waals surface area contributed by atoms with E-state index in [1.807, 2.05) is 19.2 Å². The van der Waals surface area contributed by atoms with E-state index in [0.717, 1.165) is 37.1 Å². The van der Waals surface area contributed by atoms with Gasteiger partial charge in [-0.2, -0.15) is 5.10 Å². The number of halogens is 3. The Kier molecular flexibility index (Phi) is 8.98. The molecule has 2 aliphatic rings. The zero-order chi connectivity index (χ0) is 26.0. The largest absolute Gasteiger partial charge is 0.482 e. The van der Waals surface area contributed by atoms with Crippen molar-refractivity contribution in [3.63, 3.8) is 0 Å². The molecule has 1 aliphatic carbocycles. The van der Waals surface area contributed by atoms with Gasteiger partial charge in [0.1, 0.15) is 11.9 Å². The summed E-state index contributed by atoms with van der Waals surface area (Å²) < 4.78 is 22.8. The van der Waals surface area contributed by atoms with E-state index >= 15 is 0 Å². The van der Waals surface area contributed by atoms with Crippen LogP contribution in [0.25, 0.3) is 11.1 Å². The molecule has 36 heavy (non-hydrogen) atoms. The Hall–Kier alpha value is -1.66. The number of anilines is 1. The van der Waals surface area contributed by atoms with Crippen molar-refractivity contribution in [3.8, 4) is 16.9 Å². The molecule has 196 valence electrons. The van der Waals surface area contributed by atoms with Crippen molar-refractivity contribution in [1.29, 1.82) is 0 Å². The van der Waals surface area contributed by atoms with E-state index in [4.69, 9.17) is 27.9 Å². The van der Waals surface area contributed by atoms with Gasteiger partial charge < -0.3 is 14.7 Å². The lowest BCUT2D eigenvalue weighted by Gasteiger charge is -2.35. The fourth-order valence-electron chi connectivity index (χ4n) is 4.92. The summed E-state index contributed by atoms with van der Waals surface area (Å²) in [4.78, 5) is 7.09. The molecule has 2 aromatic heterocycles. The molecule has 3 heterocycles. The number of nitrogens with one attached hydrogen (secondary N) is 1. The van der Waals surface area contributed by atoms with Crippen molar-refractivity contribution in [2.45, 2.75) is 71.6 Å². The van der Waals surface area contributed by atoms with E-state index in [2.05, 4.69) is 54.2 Å². The van der Waals surface area contributed by atoms with Gasteiger partial charge in [-0.15, -0.1) is 0 Å². The molecule has 0 aromatic carbocycles. The van der Waals surface area contributed by atoms with Gasteiger partial charge in [0.25, 0.3) is 0 Å². The maximum absolute atomic E-state index is 14.5. The minimum absolute atomic E-state index is 0.0383. The van der Waals surface area contributed by atoms with Crippen molar-refractivity contribution in [3.05, 3.63) is 46.1 Å². The van der Waals surface area contributed by atoms with Crippen LogP contribution in [-0.2, 0) is 0 Å². The first kappa shape index (κ1) is 27.4. The van der Waals surface area contributed by atoms with Gasteiger partial charge in [0.2, 0.25) is 0 Å². The minimum Gasteiger partial charge on any atom is -0.482 e. The van der Waals surface area contributed by atoms with E-state index in [1.165, 1.54) is 6.42 Å². The molecule has 2 aromatic rings.